The Labute approximate surface area is 305 Å². The highest BCUT2D eigenvalue weighted by atomic mass is 79.9. The third-order valence-electron chi connectivity index (χ3n) is 10.4. The van der Waals surface area contributed by atoms with Crippen molar-refractivity contribution >= 4 is 52.7 Å². The van der Waals surface area contributed by atoms with Gasteiger partial charge in [0.2, 0.25) is 5.91 Å². The average Bonchev–Trinajstić information content (AvgIpc) is 3.68. The zero-order valence-corrected chi connectivity index (χ0v) is 31.3. The molecule has 7 rings (SSSR count). The van der Waals surface area contributed by atoms with E-state index in [-0.39, 0.29) is 43.5 Å². The minimum absolute atomic E-state index is 0.0359. The van der Waals surface area contributed by atoms with Crippen LogP contribution in [0.4, 0.5) is 5.69 Å². The summed E-state index contributed by atoms with van der Waals surface area (Å²) >= 11 is 3.61. The normalized spacial score (nSPS) is 21.5. The van der Waals surface area contributed by atoms with Gasteiger partial charge in [-0.3, -0.25) is 19.5 Å². The van der Waals surface area contributed by atoms with Gasteiger partial charge < -0.3 is 24.4 Å². The summed E-state index contributed by atoms with van der Waals surface area (Å²) in [5.41, 5.74) is 2.64. The molecule has 4 aromatic carbocycles. The monoisotopic (exact) mass is 768 g/mol. The van der Waals surface area contributed by atoms with Crippen LogP contribution < -0.4 is 10.5 Å². The molecule has 0 bridgehead atoms. The SMILES string of the molecule is C[C@H]1[C@H]([Si](C)(C)O)[C@@H](CC(=O)N(CCO)Cc2ccccc2)O[C@]12C(=O)N(Cc1ccc(-n3[nH]c4ccccc4c3=O)cc1)c1ccc(Br)cc12. The summed E-state index contributed by atoms with van der Waals surface area (Å²) in [6.45, 7) is 6.17. The molecule has 3 N–H and O–H groups in total. The summed E-state index contributed by atoms with van der Waals surface area (Å²) in [4.78, 5) is 56.8. The lowest BCUT2D eigenvalue weighted by Crippen LogP contribution is -2.46. The molecule has 0 unspecified atom stereocenters. The highest BCUT2D eigenvalue weighted by Crippen LogP contribution is 2.60. The van der Waals surface area contributed by atoms with Crippen molar-refractivity contribution in [3.05, 3.63) is 129 Å². The second-order valence-electron chi connectivity index (χ2n) is 14.1. The summed E-state index contributed by atoms with van der Waals surface area (Å²) in [5.74, 6) is -0.894. The summed E-state index contributed by atoms with van der Waals surface area (Å²) in [6.07, 6.45) is -0.757. The molecule has 0 radical (unpaired) electrons. The standard InChI is InChI=1S/C39H41BrN4O6Si/c1-25-36(51(2,3)49)34(22-35(46)42(19-20-45)23-26-9-5-4-6-10-26)50-39(25)31-21-28(40)15-18-33(31)43(38(39)48)24-27-13-16-29(17-14-27)44-37(47)30-11-7-8-12-32(30)41-44/h4-18,21,25,34,36,41,45,49H,19-20,22-24H2,1-3H3/t25-,34+,36-,39+/m0/s1. The van der Waals surface area contributed by atoms with Crippen LogP contribution in [0.15, 0.2) is 106 Å². The number of ether oxygens (including phenoxy) is 1. The van der Waals surface area contributed by atoms with Gasteiger partial charge in [-0.2, -0.15) is 0 Å². The van der Waals surface area contributed by atoms with Gasteiger partial charge in [-0.1, -0.05) is 77.5 Å². The van der Waals surface area contributed by atoms with Crippen molar-refractivity contribution in [3.63, 3.8) is 0 Å². The maximum Gasteiger partial charge on any atom is 0.279 e. The third kappa shape index (κ3) is 6.29. The molecule has 1 aromatic heterocycles. The Bertz CT molecular complexity index is 2150. The van der Waals surface area contributed by atoms with E-state index in [0.29, 0.717) is 28.9 Å². The van der Waals surface area contributed by atoms with E-state index in [2.05, 4.69) is 21.0 Å². The number of nitrogens with zero attached hydrogens (tertiary/aromatic N) is 3. The van der Waals surface area contributed by atoms with Crippen LogP contribution >= 0.6 is 15.9 Å². The molecule has 264 valence electrons. The van der Waals surface area contributed by atoms with Gasteiger partial charge in [-0.25, -0.2) is 4.68 Å². The zero-order valence-electron chi connectivity index (χ0n) is 28.8. The smallest absolute Gasteiger partial charge is 0.279 e. The number of rotatable bonds is 10. The van der Waals surface area contributed by atoms with Crippen LogP contribution in [0.2, 0.25) is 18.6 Å². The third-order valence-corrected chi connectivity index (χ3v) is 13.4. The summed E-state index contributed by atoms with van der Waals surface area (Å²) in [5, 5.41) is 13.6. The zero-order chi connectivity index (χ0) is 36.1. The van der Waals surface area contributed by atoms with E-state index in [1.165, 1.54) is 4.68 Å². The molecule has 2 amide bonds. The van der Waals surface area contributed by atoms with Crippen molar-refractivity contribution < 1.29 is 24.2 Å². The van der Waals surface area contributed by atoms with Gasteiger partial charge in [0.1, 0.15) is 0 Å². The van der Waals surface area contributed by atoms with Gasteiger partial charge in [0.25, 0.3) is 11.5 Å². The molecular formula is C39H41BrN4O6Si. The Kier molecular flexibility index (Phi) is 9.40. The number of fused-ring (bicyclic) bond motifs is 3. The van der Waals surface area contributed by atoms with E-state index in [1.54, 1.807) is 15.9 Å². The number of nitrogens with one attached hydrogen (secondary N) is 1. The first kappa shape index (κ1) is 35.1. The predicted octanol–water partition coefficient (Wildman–Crippen LogP) is 5.84. The van der Waals surface area contributed by atoms with E-state index in [4.69, 9.17) is 4.74 Å². The number of aliphatic hydroxyl groups is 1. The predicted molar refractivity (Wildman–Crippen MR) is 202 cm³/mol. The molecule has 2 aliphatic rings. The number of aromatic amines is 1. The first-order valence-corrected chi connectivity index (χ1v) is 21.0. The molecule has 4 atom stereocenters. The van der Waals surface area contributed by atoms with E-state index in [0.717, 1.165) is 21.1 Å². The fraction of sp³-hybridized carbons (Fsp3) is 0.308. The fourth-order valence-corrected chi connectivity index (χ4v) is 11.0. The molecule has 1 spiro atoms. The van der Waals surface area contributed by atoms with Gasteiger partial charge in [-0.05, 0) is 66.7 Å². The molecule has 1 saturated heterocycles. The molecule has 0 saturated carbocycles. The fourth-order valence-electron chi connectivity index (χ4n) is 8.10. The van der Waals surface area contributed by atoms with Crippen LogP contribution in [-0.4, -0.2) is 64.0 Å². The van der Waals surface area contributed by atoms with Crippen molar-refractivity contribution in [1.29, 1.82) is 0 Å². The van der Waals surface area contributed by atoms with E-state index >= 15 is 0 Å². The molecule has 12 heteroatoms. The molecule has 5 aromatic rings. The molecule has 2 aliphatic heterocycles. The molecule has 1 fully saturated rings. The van der Waals surface area contributed by atoms with Gasteiger partial charge in [0, 0.05) is 34.6 Å². The van der Waals surface area contributed by atoms with Crippen LogP contribution in [0.1, 0.15) is 30.0 Å². The highest BCUT2D eigenvalue weighted by Gasteiger charge is 2.66. The number of halogens is 1. The number of aromatic nitrogens is 2. The van der Waals surface area contributed by atoms with Crippen molar-refractivity contribution in [3.8, 4) is 5.69 Å². The number of para-hydroxylation sites is 1. The van der Waals surface area contributed by atoms with Gasteiger partial charge in [0.05, 0.1) is 48.0 Å². The topological polar surface area (TPSA) is 128 Å². The lowest BCUT2D eigenvalue weighted by atomic mass is 9.82. The number of hydrogen-bond donors (Lipinski definition) is 3. The Hall–Kier alpha value is -4.33. The lowest BCUT2D eigenvalue weighted by molar-refractivity contribution is -0.150. The van der Waals surface area contributed by atoms with Crippen LogP contribution in [0, 0.1) is 5.92 Å². The van der Waals surface area contributed by atoms with Crippen molar-refractivity contribution in [1.82, 2.24) is 14.7 Å². The Balaban J connectivity index is 1.19. The minimum atomic E-state index is -3.01. The summed E-state index contributed by atoms with van der Waals surface area (Å²) in [7, 11) is -3.01. The number of benzene rings is 4. The highest BCUT2D eigenvalue weighted by molar-refractivity contribution is 9.10. The van der Waals surface area contributed by atoms with Crippen molar-refractivity contribution in [2.75, 3.05) is 18.1 Å². The number of hydrogen-bond acceptors (Lipinski definition) is 6. The maximum atomic E-state index is 14.9. The Morgan fingerprint density at radius 1 is 0.980 bits per heavy atom. The van der Waals surface area contributed by atoms with E-state index in [1.807, 2.05) is 111 Å². The Morgan fingerprint density at radius 3 is 2.37 bits per heavy atom. The first-order chi connectivity index (χ1) is 24.4. The van der Waals surface area contributed by atoms with Crippen LogP contribution in [-0.2, 0) is 33.0 Å². The maximum absolute atomic E-state index is 14.9. The molecule has 3 heterocycles. The second kappa shape index (κ2) is 13.7. The molecular weight excluding hydrogens is 728 g/mol. The number of carbonyl (C=O) groups excluding carboxylic acids is 2. The minimum Gasteiger partial charge on any atom is -0.432 e. The van der Waals surface area contributed by atoms with Gasteiger partial charge in [-0.15, -0.1) is 0 Å². The van der Waals surface area contributed by atoms with Gasteiger partial charge >= 0.3 is 0 Å². The van der Waals surface area contributed by atoms with Crippen LogP contribution in [0.25, 0.3) is 16.6 Å². The molecule has 51 heavy (non-hydrogen) atoms. The number of H-pyrrole nitrogens is 1. The summed E-state index contributed by atoms with van der Waals surface area (Å²) < 4.78 is 9.20. The van der Waals surface area contributed by atoms with Crippen LogP contribution in [0.3, 0.4) is 0 Å². The molecule has 10 nitrogen and oxygen atoms in total. The second-order valence-corrected chi connectivity index (χ2v) is 19.0. The number of aliphatic hydroxyl groups excluding tert-OH is 1. The Morgan fingerprint density at radius 2 is 1.69 bits per heavy atom. The van der Waals surface area contributed by atoms with Crippen LogP contribution in [0.5, 0.6) is 0 Å². The average molecular weight is 770 g/mol. The quantitative estimate of drug-likeness (QED) is 0.153. The number of carbonyl (C=O) groups is 2. The van der Waals surface area contributed by atoms with E-state index in [9.17, 15) is 24.3 Å². The van der Waals surface area contributed by atoms with Crippen molar-refractivity contribution in [2.24, 2.45) is 5.92 Å². The molecule has 0 aliphatic carbocycles. The van der Waals surface area contributed by atoms with Crippen molar-refractivity contribution in [2.45, 2.75) is 56.8 Å². The largest absolute Gasteiger partial charge is 0.432 e. The number of anilines is 1. The van der Waals surface area contributed by atoms with Gasteiger partial charge in [0.15, 0.2) is 13.9 Å². The van der Waals surface area contributed by atoms with E-state index < -0.39 is 31.5 Å². The lowest BCUT2D eigenvalue weighted by Gasteiger charge is -2.32. The first-order valence-electron chi connectivity index (χ1n) is 17.2. The number of amides is 2. The summed E-state index contributed by atoms with van der Waals surface area (Å²) in [6, 6.07) is 30.2.